The quantitative estimate of drug-likeness (QED) is 0.449. The molecule has 4 rings (SSSR count). The number of carbonyl (C=O) groups is 1. The van der Waals surface area contributed by atoms with Gasteiger partial charge in [0.05, 0.1) is 11.3 Å². The zero-order chi connectivity index (χ0) is 21.8. The highest BCUT2D eigenvalue weighted by molar-refractivity contribution is 7.97. The van der Waals surface area contributed by atoms with Gasteiger partial charge in [-0.3, -0.25) is 9.93 Å². The van der Waals surface area contributed by atoms with Gasteiger partial charge in [-0.1, -0.05) is 35.3 Å². The number of hydrogen-bond donors (Lipinski definition) is 3. The molecule has 0 spiro atoms. The molecule has 0 saturated heterocycles. The fourth-order valence-electron chi connectivity index (χ4n) is 3.39. The molecule has 1 aromatic heterocycles. The van der Waals surface area contributed by atoms with Crippen molar-refractivity contribution in [1.82, 2.24) is 10.3 Å². The third kappa shape index (κ3) is 5.25. The Morgan fingerprint density at radius 1 is 1.19 bits per heavy atom. The van der Waals surface area contributed by atoms with Crippen molar-refractivity contribution in [2.75, 3.05) is 23.3 Å². The molecule has 1 amide bonds. The molecule has 0 aliphatic carbocycles. The molecule has 9 heteroatoms. The maximum atomic E-state index is 12.7. The maximum absolute atomic E-state index is 12.7. The molecular weight excluding hydrogens is 453 g/mol. The van der Waals surface area contributed by atoms with Crippen molar-refractivity contribution in [2.24, 2.45) is 5.14 Å². The van der Waals surface area contributed by atoms with E-state index in [1.54, 1.807) is 18.3 Å². The second kappa shape index (κ2) is 9.78. The summed E-state index contributed by atoms with van der Waals surface area (Å²) in [5.74, 6) is 0.565. The molecule has 0 fully saturated rings. The Morgan fingerprint density at radius 2 is 2.00 bits per heavy atom. The van der Waals surface area contributed by atoms with Crippen LogP contribution in [0.2, 0.25) is 10.0 Å². The first-order chi connectivity index (χ1) is 15.0. The van der Waals surface area contributed by atoms with E-state index < -0.39 is 0 Å². The van der Waals surface area contributed by atoms with E-state index in [1.807, 2.05) is 36.4 Å². The Bertz CT molecular complexity index is 1090. The summed E-state index contributed by atoms with van der Waals surface area (Å²) in [7, 11) is 0. The van der Waals surface area contributed by atoms with Crippen LogP contribution in [0.1, 0.15) is 21.5 Å². The van der Waals surface area contributed by atoms with Crippen molar-refractivity contribution in [3.63, 3.8) is 0 Å². The van der Waals surface area contributed by atoms with Gasteiger partial charge >= 0.3 is 0 Å². The SMILES string of the molecule is NSc1ccc(CNC(=O)c2cnc3c(c2)N(Cc2cc(Cl)ccc2Cl)CCN3)cc1. The van der Waals surface area contributed by atoms with Crippen LogP contribution >= 0.6 is 35.1 Å². The minimum atomic E-state index is -0.182. The Balaban J connectivity index is 1.49. The highest BCUT2D eigenvalue weighted by atomic mass is 35.5. The smallest absolute Gasteiger partial charge is 0.253 e. The van der Waals surface area contributed by atoms with Crippen LogP contribution in [0, 0.1) is 0 Å². The lowest BCUT2D eigenvalue weighted by atomic mass is 10.1. The van der Waals surface area contributed by atoms with Gasteiger partial charge in [-0.25, -0.2) is 4.98 Å². The van der Waals surface area contributed by atoms with E-state index in [4.69, 9.17) is 28.3 Å². The number of anilines is 2. The van der Waals surface area contributed by atoms with Gasteiger partial charge in [-0.05, 0) is 59.5 Å². The van der Waals surface area contributed by atoms with Crippen LogP contribution in [0.15, 0.2) is 59.6 Å². The summed E-state index contributed by atoms with van der Waals surface area (Å²) in [4.78, 5) is 20.3. The molecule has 31 heavy (non-hydrogen) atoms. The van der Waals surface area contributed by atoms with Gasteiger partial charge in [0.25, 0.3) is 5.91 Å². The number of nitrogens with two attached hydrogens (primary N) is 1. The van der Waals surface area contributed by atoms with Crippen molar-refractivity contribution in [3.8, 4) is 0 Å². The Hall–Kier alpha value is -2.45. The molecule has 2 aromatic carbocycles. The molecule has 2 heterocycles. The Morgan fingerprint density at radius 3 is 2.77 bits per heavy atom. The zero-order valence-corrected chi connectivity index (χ0v) is 18.9. The first-order valence-electron chi connectivity index (χ1n) is 9.70. The summed E-state index contributed by atoms with van der Waals surface area (Å²) < 4.78 is 0. The number of benzene rings is 2. The van der Waals surface area contributed by atoms with E-state index in [0.717, 1.165) is 40.6 Å². The fraction of sp³-hybridized carbons (Fsp3) is 0.182. The van der Waals surface area contributed by atoms with Crippen molar-refractivity contribution >= 4 is 52.6 Å². The lowest BCUT2D eigenvalue weighted by molar-refractivity contribution is 0.0950. The molecule has 1 aliphatic rings. The minimum Gasteiger partial charge on any atom is -0.367 e. The number of aromatic nitrogens is 1. The van der Waals surface area contributed by atoms with E-state index in [2.05, 4.69) is 20.5 Å². The molecule has 0 atom stereocenters. The predicted octanol–water partition coefficient (Wildman–Crippen LogP) is 4.72. The number of nitrogens with one attached hydrogen (secondary N) is 2. The van der Waals surface area contributed by atoms with E-state index >= 15 is 0 Å². The monoisotopic (exact) mass is 473 g/mol. The van der Waals surface area contributed by atoms with Crippen molar-refractivity contribution in [2.45, 2.75) is 18.0 Å². The van der Waals surface area contributed by atoms with Gasteiger partial charge in [0.15, 0.2) is 0 Å². The summed E-state index contributed by atoms with van der Waals surface area (Å²) in [6.07, 6.45) is 1.59. The largest absolute Gasteiger partial charge is 0.367 e. The van der Waals surface area contributed by atoms with Gasteiger partial charge in [0.2, 0.25) is 0 Å². The van der Waals surface area contributed by atoms with Gasteiger partial charge in [0.1, 0.15) is 5.82 Å². The highest BCUT2D eigenvalue weighted by Gasteiger charge is 2.21. The molecule has 160 valence electrons. The lowest BCUT2D eigenvalue weighted by Crippen LogP contribution is -2.34. The van der Waals surface area contributed by atoms with Crippen molar-refractivity contribution < 1.29 is 4.79 Å². The Kier molecular flexibility index (Phi) is 6.87. The maximum Gasteiger partial charge on any atom is 0.253 e. The molecule has 0 saturated carbocycles. The van der Waals surface area contributed by atoms with Gasteiger partial charge in [-0.2, -0.15) is 0 Å². The summed E-state index contributed by atoms with van der Waals surface area (Å²) in [5.41, 5.74) is 3.28. The van der Waals surface area contributed by atoms with Crippen LogP contribution in [-0.2, 0) is 13.1 Å². The standard InChI is InChI=1S/C22H21Cl2N5OS/c23-17-3-6-19(24)16(9-17)13-29-8-7-26-21-20(29)10-15(12-27-21)22(30)28-11-14-1-4-18(31-25)5-2-14/h1-6,9-10,12H,7-8,11,13,25H2,(H,26,27)(H,28,30). The number of carbonyl (C=O) groups excluding carboxylic acids is 1. The number of nitrogens with zero attached hydrogens (tertiary/aromatic N) is 2. The molecule has 1 aliphatic heterocycles. The van der Waals surface area contributed by atoms with Crippen molar-refractivity contribution in [3.05, 3.63) is 81.5 Å². The number of rotatable bonds is 6. The molecule has 3 aromatic rings. The predicted molar refractivity (Wildman–Crippen MR) is 128 cm³/mol. The van der Waals surface area contributed by atoms with E-state index in [9.17, 15) is 4.79 Å². The number of amides is 1. The van der Waals surface area contributed by atoms with Crippen LogP contribution in [0.4, 0.5) is 11.5 Å². The molecule has 0 radical (unpaired) electrons. The summed E-state index contributed by atoms with van der Waals surface area (Å²) in [6, 6.07) is 15.0. The summed E-state index contributed by atoms with van der Waals surface area (Å²) >= 11 is 13.7. The third-order valence-corrected chi connectivity index (χ3v) is 6.17. The topological polar surface area (TPSA) is 83.3 Å². The van der Waals surface area contributed by atoms with Gasteiger partial charge in [0, 0.05) is 47.3 Å². The summed E-state index contributed by atoms with van der Waals surface area (Å²) in [5, 5.41) is 13.1. The van der Waals surface area contributed by atoms with Crippen LogP contribution in [0.5, 0.6) is 0 Å². The second-order valence-corrected chi connectivity index (χ2v) is 8.67. The Labute approximate surface area is 195 Å². The molecule has 0 bridgehead atoms. The lowest BCUT2D eigenvalue weighted by Gasteiger charge is -2.32. The van der Waals surface area contributed by atoms with Crippen molar-refractivity contribution in [1.29, 1.82) is 0 Å². The number of hydrogen-bond acceptors (Lipinski definition) is 6. The highest BCUT2D eigenvalue weighted by Crippen LogP contribution is 2.31. The fourth-order valence-corrected chi connectivity index (χ4v) is 4.05. The first-order valence-corrected chi connectivity index (χ1v) is 11.3. The molecule has 0 unspecified atom stereocenters. The first kappa shape index (κ1) is 21.8. The van der Waals surface area contributed by atoms with Crippen LogP contribution in [0.25, 0.3) is 0 Å². The average Bonchev–Trinajstić information content (AvgIpc) is 2.80. The van der Waals surface area contributed by atoms with Crippen LogP contribution in [0.3, 0.4) is 0 Å². The van der Waals surface area contributed by atoms with E-state index in [-0.39, 0.29) is 5.91 Å². The third-order valence-electron chi connectivity index (χ3n) is 5.03. The second-order valence-electron chi connectivity index (χ2n) is 7.12. The minimum absolute atomic E-state index is 0.182. The normalized spacial score (nSPS) is 12.8. The van der Waals surface area contributed by atoms with Crippen LogP contribution < -0.4 is 20.7 Å². The number of pyridine rings is 1. The summed E-state index contributed by atoms with van der Waals surface area (Å²) in [6.45, 7) is 2.51. The molecule has 6 nitrogen and oxygen atoms in total. The molecular formula is C22H21Cl2N5OS. The van der Waals surface area contributed by atoms with Crippen LogP contribution in [-0.4, -0.2) is 24.0 Å². The van der Waals surface area contributed by atoms with E-state index in [0.29, 0.717) is 28.7 Å². The average molecular weight is 474 g/mol. The number of halogens is 2. The van der Waals surface area contributed by atoms with Gasteiger partial charge < -0.3 is 15.5 Å². The van der Waals surface area contributed by atoms with E-state index in [1.165, 1.54) is 11.9 Å². The molecule has 4 N–H and O–H groups in total. The number of fused-ring (bicyclic) bond motifs is 1. The zero-order valence-electron chi connectivity index (χ0n) is 16.6. The van der Waals surface area contributed by atoms with Gasteiger partial charge in [-0.15, -0.1) is 0 Å².